The maximum absolute atomic E-state index is 12.6. The van der Waals surface area contributed by atoms with Crippen LogP contribution in [0, 0.1) is 17.8 Å². The van der Waals surface area contributed by atoms with E-state index in [0.29, 0.717) is 18.0 Å². The largest absolute Gasteiger partial charge is 0.444 e. The summed E-state index contributed by atoms with van der Waals surface area (Å²) in [4.78, 5) is 14.6. The van der Waals surface area contributed by atoms with Gasteiger partial charge in [-0.05, 0) is 65.7 Å². The molecule has 130 valence electrons. The summed E-state index contributed by atoms with van der Waals surface area (Å²) in [7, 11) is 0. The first-order valence-corrected chi connectivity index (χ1v) is 9.05. The average molecular weight is 320 g/mol. The lowest BCUT2D eigenvalue weighted by molar-refractivity contribution is 0.0000149. The molecule has 23 heavy (non-hydrogen) atoms. The summed E-state index contributed by atoms with van der Waals surface area (Å²) in [5.74, 6) is 6.57. The van der Waals surface area contributed by atoms with Crippen LogP contribution >= 0.6 is 0 Å². The molecule has 1 aliphatic heterocycles. The predicted molar refractivity (Wildman–Crippen MR) is 93.2 cm³/mol. The molecular weight excluding hydrogens is 288 g/mol. The molecule has 2 fully saturated rings. The fourth-order valence-electron chi connectivity index (χ4n) is 3.92. The molecule has 2 rings (SSSR count). The Balaban J connectivity index is 2.04. The van der Waals surface area contributed by atoms with Crippen molar-refractivity contribution < 1.29 is 9.53 Å². The maximum atomic E-state index is 12.6. The molecule has 0 spiro atoms. The number of hydrogen-bond donors (Lipinski definition) is 1. The van der Waals surface area contributed by atoms with Crippen molar-refractivity contribution >= 4 is 6.09 Å². The smallest absolute Gasteiger partial charge is 0.410 e. The third-order valence-corrected chi connectivity index (χ3v) is 4.87. The van der Waals surface area contributed by atoms with E-state index in [9.17, 15) is 4.79 Å². The number of amides is 1. The van der Waals surface area contributed by atoms with Crippen molar-refractivity contribution in [1.82, 2.24) is 10.2 Å². The zero-order valence-electron chi connectivity index (χ0n) is 15.2. The third-order valence-electron chi connectivity index (χ3n) is 4.87. The van der Waals surface area contributed by atoms with Gasteiger partial charge in [-0.15, -0.1) is 5.92 Å². The minimum Gasteiger partial charge on any atom is -0.444 e. The van der Waals surface area contributed by atoms with Gasteiger partial charge in [0, 0.05) is 18.6 Å². The zero-order chi connectivity index (χ0) is 16.9. The Kier molecular flexibility index (Phi) is 6.35. The van der Waals surface area contributed by atoms with Crippen LogP contribution in [0.3, 0.4) is 0 Å². The summed E-state index contributed by atoms with van der Waals surface area (Å²) in [5, 5.41) is 3.59. The van der Waals surface area contributed by atoms with Crippen molar-refractivity contribution in [3.63, 3.8) is 0 Å². The standard InChI is InChI=1S/C19H32N2O2/c1-5-6-13-20-16-11-9-10-15(16)17-12-7-8-14-21(17)18(22)23-19(2,3)4/h15-17,20H,7-14H2,1-4H3. The second-order valence-corrected chi connectivity index (χ2v) is 7.75. The molecule has 1 heterocycles. The van der Waals surface area contributed by atoms with Crippen molar-refractivity contribution in [3.8, 4) is 11.8 Å². The van der Waals surface area contributed by atoms with Crippen LogP contribution in [0.4, 0.5) is 4.79 Å². The van der Waals surface area contributed by atoms with E-state index in [4.69, 9.17) is 4.74 Å². The fraction of sp³-hybridized carbons (Fsp3) is 0.842. The van der Waals surface area contributed by atoms with Crippen LogP contribution in [0.15, 0.2) is 0 Å². The number of piperidine rings is 1. The van der Waals surface area contributed by atoms with Crippen LogP contribution in [0.1, 0.15) is 66.2 Å². The van der Waals surface area contributed by atoms with Crippen LogP contribution in [-0.2, 0) is 4.74 Å². The Labute approximate surface area is 141 Å². The number of ether oxygens (including phenoxy) is 1. The van der Waals surface area contributed by atoms with Crippen molar-refractivity contribution in [3.05, 3.63) is 0 Å². The van der Waals surface area contributed by atoms with Gasteiger partial charge < -0.3 is 15.0 Å². The molecule has 1 saturated carbocycles. The molecule has 0 aromatic carbocycles. The van der Waals surface area contributed by atoms with Gasteiger partial charge in [0.2, 0.25) is 0 Å². The molecule has 1 amide bonds. The average Bonchev–Trinajstić information content (AvgIpc) is 2.94. The van der Waals surface area contributed by atoms with Gasteiger partial charge in [-0.1, -0.05) is 12.3 Å². The highest BCUT2D eigenvalue weighted by Crippen LogP contribution is 2.35. The molecule has 4 heteroatoms. The van der Waals surface area contributed by atoms with Crippen LogP contribution < -0.4 is 5.32 Å². The zero-order valence-corrected chi connectivity index (χ0v) is 15.2. The highest BCUT2D eigenvalue weighted by Gasteiger charge is 2.40. The van der Waals surface area contributed by atoms with E-state index in [1.54, 1.807) is 0 Å². The Morgan fingerprint density at radius 3 is 2.70 bits per heavy atom. The minimum absolute atomic E-state index is 0.138. The molecule has 3 unspecified atom stereocenters. The van der Waals surface area contributed by atoms with E-state index in [-0.39, 0.29) is 6.09 Å². The topological polar surface area (TPSA) is 41.6 Å². The van der Waals surface area contributed by atoms with E-state index in [1.807, 2.05) is 32.6 Å². The van der Waals surface area contributed by atoms with E-state index >= 15 is 0 Å². The lowest BCUT2D eigenvalue weighted by atomic mass is 9.87. The van der Waals surface area contributed by atoms with E-state index in [1.165, 1.54) is 25.7 Å². The van der Waals surface area contributed by atoms with Crippen LogP contribution in [0.25, 0.3) is 0 Å². The third kappa shape index (κ3) is 5.14. The van der Waals surface area contributed by atoms with Crippen molar-refractivity contribution in [2.24, 2.45) is 5.92 Å². The number of hydrogen-bond acceptors (Lipinski definition) is 3. The monoisotopic (exact) mass is 320 g/mol. The first-order valence-electron chi connectivity index (χ1n) is 9.05. The van der Waals surface area contributed by atoms with Crippen molar-refractivity contribution in [1.29, 1.82) is 0 Å². The van der Waals surface area contributed by atoms with Gasteiger partial charge in [-0.3, -0.25) is 0 Å². The van der Waals surface area contributed by atoms with Crippen molar-refractivity contribution in [2.45, 2.75) is 83.9 Å². The molecule has 3 atom stereocenters. The second kappa shape index (κ2) is 8.06. The van der Waals surface area contributed by atoms with Gasteiger partial charge in [-0.25, -0.2) is 4.79 Å². The first kappa shape index (κ1) is 18.1. The number of nitrogens with one attached hydrogen (secondary N) is 1. The molecule has 1 saturated heterocycles. The highest BCUT2D eigenvalue weighted by molar-refractivity contribution is 5.68. The van der Waals surface area contributed by atoms with E-state index in [0.717, 1.165) is 25.9 Å². The Morgan fingerprint density at radius 2 is 2.00 bits per heavy atom. The summed E-state index contributed by atoms with van der Waals surface area (Å²) < 4.78 is 5.65. The number of carbonyl (C=O) groups is 1. The highest BCUT2D eigenvalue weighted by atomic mass is 16.6. The predicted octanol–water partition coefficient (Wildman–Crippen LogP) is 3.56. The number of rotatable bonds is 3. The number of carbonyl (C=O) groups excluding carboxylic acids is 1. The van der Waals surface area contributed by atoms with E-state index < -0.39 is 5.60 Å². The molecule has 0 radical (unpaired) electrons. The molecule has 4 nitrogen and oxygen atoms in total. The van der Waals surface area contributed by atoms with E-state index in [2.05, 4.69) is 17.2 Å². The SMILES string of the molecule is CC#CCNC1CCCC1C1CCCCN1C(=O)OC(C)(C)C. The lowest BCUT2D eigenvalue weighted by Gasteiger charge is -2.41. The summed E-state index contributed by atoms with van der Waals surface area (Å²) in [6, 6.07) is 0.789. The van der Waals surface area contributed by atoms with Crippen LogP contribution in [0.5, 0.6) is 0 Å². The van der Waals surface area contributed by atoms with Crippen LogP contribution in [0.2, 0.25) is 0 Å². The minimum atomic E-state index is -0.427. The summed E-state index contributed by atoms with van der Waals surface area (Å²) in [5.41, 5.74) is -0.427. The number of nitrogens with zero attached hydrogens (tertiary/aromatic N) is 1. The lowest BCUT2D eigenvalue weighted by Crippen LogP contribution is -2.52. The summed E-state index contributed by atoms with van der Waals surface area (Å²) >= 11 is 0. The maximum Gasteiger partial charge on any atom is 0.410 e. The normalized spacial score (nSPS) is 28.2. The van der Waals surface area contributed by atoms with Gasteiger partial charge in [0.1, 0.15) is 5.60 Å². The first-order chi connectivity index (χ1) is 10.9. The Hall–Kier alpha value is -1.21. The Morgan fingerprint density at radius 1 is 1.22 bits per heavy atom. The molecule has 0 aromatic heterocycles. The summed E-state index contributed by atoms with van der Waals surface area (Å²) in [6.45, 7) is 9.27. The molecule has 0 aromatic rings. The number of likely N-dealkylation sites (tertiary alicyclic amines) is 1. The quantitative estimate of drug-likeness (QED) is 0.809. The van der Waals surface area contributed by atoms with Gasteiger partial charge in [0.25, 0.3) is 0 Å². The van der Waals surface area contributed by atoms with Gasteiger partial charge in [0.05, 0.1) is 6.54 Å². The molecule has 1 N–H and O–H groups in total. The second-order valence-electron chi connectivity index (χ2n) is 7.75. The Bertz CT molecular complexity index is 458. The van der Waals surface area contributed by atoms with Crippen molar-refractivity contribution in [2.75, 3.05) is 13.1 Å². The van der Waals surface area contributed by atoms with Gasteiger partial charge in [-0.2, -0.15) is 0 Å². The fourth-order valence-corrected chi connectivity index (χ4v) is 3.92. The van der Waals surface area contributed by atoms with Gasteiger partial charge in [0.15, 0.2) is 0 Å². The summed E-state index contributed by atoms with van der Waals surface area (Å²) in [6.07, 6.45) is 6.88. The van der Waals surface area contributed by atoms with Crippen LogP contribution in [-0.4, -0.2) is 41.8 Å². The molecule has 1 aliphatic carbocycles. The molecule has 2 aliphatic rings. The molecule has 0 bridgehead atoms. The van der Waals surface area contributed by atoms with Gasteiger partial charge >= 0.3 is 6.09 Å². The molecular formula is C19H32N2O2.